The molecule has 28 heavy (non-hydrogen) atoms. The van der Waals surface area contributed by atoms with Gasteiger partial charge in [-0.3, -0.25) is 13.4 Å². The van der Waals surface area contributed by atoms with E-state index in [0.29, 0.717) is 30.4 Å². The van der Waals surface area contributed by atoms with Gasteiger partial charge in [-0.2, -0.15) is 0 Å². The van der Waals surface area contributed by atoms with Crippen LogP contribution in [-0.4, -0.2) is 41.5 Å². The van der Waals surface area contributed by atoms with Crippen molar-refractivity contribution in [1.29, 1.82) is 0 Å². The van der Waals surface area contributed by atoms with E-state index >= 15 is 0 Å². The number of hydrogen-bond acceptors (Lipinski definition) is 6. The SMILES string of the molecule is CO[C@@H](CCN1c2ccccc2N(c2ccccc2F)S1(O)O)CNC1CC1. The molecule has 1 fully saturated rings. The summed E-state index contributed by atoms with van der Waals surface area (Å²) in [6.45, 7) is 1.11. The lowest BCUT2D eigenvalue weighted by atomic mass is 10.2. The zero-order valence-electron chi connectivity index (χ0n) is 15.8. The summed E-state index contributed by atoms with van der Waals surface area (Å²) in [4.78, 5) is 0. The molecule has 1 aliphatic carbocycles. The fourth-order valence-corrected chi connectivity index (χ4v) is 5.28. The normalized spacial score (nSPS) is 20.1. The molecule has 0 bridgehead atoms. The van der Waals surface area contributed by atoms with E-state index in [1.54, 1.807) is 35.7 Å². The van der Waals surface area contributed by atoms with Crippen molar-refractivity contribution in [2.24, 2.45) is 0 Å². The van der Waals surface area contributed by atoms with Crippen molar-refractivity contribution in [3.05, 3.63) is 54.3 Å². The van der Waals surface area contributed by atoms with Gasteiger partial charge in [0.05, 0.1) is 17.5 Å². The van der Waals surface area contributed by atoms with Gasteiger partial charge in [0.1, 0.15) is 11.5 Å². The molecule has 0 amide bonds. The van der Waals surface area contributed by atoms with E-state index in [2.05, 4.69) is 5.32 Å². The second-order valence-corrected chi connectivity index (χ2v) is 8.94. The van der Waals surface area contributed by atoms with Crippen molar-refractivity contribution < 1.29 is 18.2 Å². The Morgan fingerprint density at radius 1 is 1.11 bits per heavy atom. The van der Waals surface area contributed by atoms with E-state index in [4.69, 9.17) is 4.74 Å². The summed E-state index contributed by atoms with van der Waals surface area (Å²) in [7, 11) is -1.77. The molecule has 2 aromatic carbocycles. The third-order valence-corrected chi connectivity index (χ3v) is 7.03. The van der Waals surface area contributed by atoms with E-state index < -0.39 is 16.8 Å². The summed E-state index contributed by atoms with van der Waals surface area (Å²) in [5.74, 6) is -0.498. The molecule has 1 saturated carbocycles. The minimum absolute atomic E-state index is 0.0366. The van der Waals surface area contributed by atoms with E-state index in [9.17, 15) is 13.5 Å². The first-order valence-corrected chi connectivity index (χ1v) is 10.9. The molecule has 3 N–H and O–H groups in total. The number of benzene rings is 2. The van der Waals surface area contributed by atoms with Crippen LogP contribution in [0.25, 0.3) is 0 Å². The van der Waals surface area contributed by atoms with E-state index in [1.165, 1.54) is 23.2 Å². The fourth-order valence-electron chi connectivity index (χ4n) is 3.48. The molecule has 0 unspecified atom stereocenters. The number of rotatable bonds is 8. The van der Waals surface area contributed by atoms with Gasteiger partial charge in [0.2, 0.25) is 0 Å². The summed E-state index contributed by atoms with van der Waals surface area (Å²) in [5, 5.41) is 3.44. The van der Waals surface area contributed by atoms with Crippen molar-refractivity contribution in [2.45, 2.75) is 31.4 Å². The molecule has 0 aromatic heterocycles. The Hall–Kier alpha value is -1.84. The van der Waals surface area contributed by atoms with Crippen LogP contribution in [0.5, 0.6) is 0 Å². The van der Waals surface area contributed by atoms with Gasteiger partial charge in [0.25, 0.3) is 0 Å². The first-order chi connectivity index (χ1) is 13.5. The van der Waals surface area contributed by atoms with Crippen molar-refractivity contribution in [3.8, 4) is 0 Å². The second-order valence-electron chi connectivity index (χ2n) is 7.16. The summed E-state index contributed by atoms with van der Waals surface area (Å²) < 4.78 is 45.1. The lowest BCUT2D eigenvalue weighted by molar-refractivity contribution is 0.0963. The van der Waals surface area contributed by atoms with Crippen LogP contribution in [0.3, 0.4) is 0 Å². The first-order valence-electron chi connectivity index (χ1n) is 9.48. The van der Waals surface area contributed by atoms with E-state index in [1.807, 2.05) is 18.2 Å². The smallest absolute Gasteiger partial charge is 0.148 e. The molecular formula is C20H26FN3O3S. The highest BCUT2D eigenvalue weighted by Gasteiger charge is 2.42. The van der Waals surface area contributed by atoms with Crippen molar-refractivity contribution in [3.63, 3.8) is 0 Å². The highest BCUT2D eigenvalue weighted by Crippen LogP contribution is 2.64. The number of fused-ring (bicyclic) bond motifs is 1. The second kappa shape index (κ2) is 7.88. The van der Waals surface area contributed by atoms with Crippen LogP contribution in [0.4, 0.5) is 21.5 Å². The predicted octanol–water partition coefficient (Wildman–Crippen LogP) is 4.52. The molecule has 8 heteroatoms. The molecule has 2 aromatic rings. The average molecular weight is 408 g/mol. The number of anilines is 3. The van der Waals surface area contributed by atoms with Gasteiger partial charge in [-0.05, 0) is 54.5 Å². The average Bonchev–Trinajstić information content (AvgIpc) is 3.48. The maximum Gasteiger partial charge on any atom is 0.148 e. The molecule has 1 heterocycles. The van der Waals surface area contributed by atoms with Crippen molar-refractivity contribution in [2.75, 3.05) is 28.8 Å². The van der Waals surface area contributed by atoms with Gasteiger partial charge in [-0.1, -0.05) is 24.3 Å². The van der Waals surface area contributed by atoms with Gasteiger partial charge in [-0.25, -0.2) is 8.70 Å². The molecule has 1 aliphatic heterocycles. The van der Waals surface area contributed by atoms with Crippen LogP contribution in [0.1, 0.15) is 19.3 Å². The third-order valence-electron chi connectivity index (χ3n) is 5.18. The summed E-state index contributed by atoms with van der Waals surface area (Å²) in [6, 6.07) is 14.0. The number of hydrogen-bond donors (Lipinski definition) is 3. The summed E-state index contributed by atoms with van der Waals surface area (Å²) >= 11 is 0. The Labute approximate surface area is 166 Å². The highest BCUT2D eigenvalue weighted by molar-refractivity contribution is 8.27. The Bertz CT molecular complexity index is 834. The monoisotopic (exact) mass is 407 g/mol. The van der Waals surface area contributed by atoms with Crippen LogP contribution in [0, 0.1) is 5.82 Å². The molecule has 1 atom stereocenters. The van der Waals surface area contributed by atoms with Gasteiger partial charge in [0, 0.05) is 26.2 Å². The third kappa shape index (κ3) is 3.70. The number of ether oxygens (including phenoxy) is 1. The van der Waals surface area contributed by atoms with E-state index in [-0.39, 0.29) is 11.8 Å². The standard InChI is InChI=1S/C20H26FN3O3S/c1-27-16(14-22-15-10-11-15)12-13-23-19-8-4-5-9-20(19)24(28(23,25)26)18-7-3-2-6-17(18)21/h2-9,15-16,22,25-26H,10-14H2,1H3/t16-/m0/s1. The van der Waals surface area contributed by atoms with E-state index in [0.717, 1.165) is 6.54 Å². The summed E-state index contributed by atoms with van der Waals surface area (Å²) in [5.41, 5.74) is 1.41. The zero-order valence-corrected chi connectivity index (χ0v) is 16.6. The number of para-hydroxylation sites is 3. The number of nitrogens with one attached hydrogen (secondary N) is 1. The van der Waals surface area contributed by atoms with Crippen LogP contribution in [0.15, 0.2) is 48.5 Å². The minimum atomic E-state index is -3.43. The van der Waals surface area contributed by atoms with Crippen LogP contribution < -0.4 is 13.9 Å². The van der Waals surface area contributed by atoms with Crippen LogP contribution in [0.2, 0.25) is 0 Å². The van der Waals surface area contributed by atoms with Crippen molar-refractivity contribution in [1.82, 2.24) is 5.32 Å². The minimum Gasteiger partial charge on any atom is -0.380 e. The Balaban J connectivity index is 1.58. The Morgan fingerprint density at radius 3 is 2.39 bits per heavy atom. The lowest BCUT2D eigenvalue weighted by Gasteiger charge is -2.44. The fraction of sp³-hybridized carbons (Fsp3) is 0.400. The number of halogens is 1. The molecule has 2 aliphatic rings. The lowest BCUT2D eigenvalue weighted by Crippen LogP contribution is -2.36. The predicted molar refractivity (Wildman–Crippen MR) is 112 cm³/mol. The number of nitrogens with zero attached hydrogens (tertiary/aromatic N) is 2. The van der Waals surface area contributed by atoms with Gasteiger partial charge < -0.3 is 10.1 Å². The highest BCUT2D eigenvalue weighted by atomic mass is 32.3. The van der Waals surface area contributed by atoms with Crippen LogP contribution in [-0.2, 0) is 4.74 Å². The molecule has 4 rings (SSSR count). The Morgan fingerprint density at radius 2 is 1.75 bits per heavy atom. The van der Waals surface area contributed by atoms with Crippen molar-refractivity contribution >= 4 is 28.0 Å². The Kier molecular flexibility index (Phi) is 5.48. The maximum atomic E-state index is 14.5. The topological polar surface area (TPSA) is 68.2 Å². The zero-order chi connectivity index (χ0) is 19.7. The quantitative estimate of drug-likeness (QED) is 0.598. The molecule has 6 nitrogen and oxygen atoms in total. The summed E-state index contributed by atoms with van der Waals surface area (Å²) in [6.07, 6.45) is 2.98. The molecule has 0 radical (unpaired) electrons. The molecule has 0 saturated heterocycles. The van der Waals surface area contributed by atoms with Gasteiger partial charge >= 0.3 is 0 Å². The number of methoxy groups -OCH3 is 1. The maximum absolute atomic E-state index is 14.5. The molecular weight excluding hydrogens is 381 g/mol. The molecule has 0 spiro atoms. The molecule has 152 valence electrons. The van der Waals surface area contributed by atoms with Gasteiger partial charge in [-0.15, -0.1) is 0 Å². The van der Waals surface area contributed by atoms with Crippen LogP contribution >= 0.6 is 11.0 Å². The van der Waals surface area contributed by atoms with Gasteiger partial charge in [0.15, 0.2) is 0 Å². The first kappa shape index (κ1) is 19.5. The largest absolute Gasteiger partial charge is 0.380 e.